The van der Waals surface area contributed by atoms with Crippen molar-refractivity contribution >= 4 is 18.0 Å². The number of esters is 1. The number of fused-ring (bicyclic) bond motifs is 2. The molecular weight excluding hydrogens is 572 g/mol. The number of hydrogen-bond donors (Lipinski definition) is 2. The average Bonchev–Trinajstić information content (AvgIpc) is 3.55. The molecule has 0 aromatic rings. The van der Waals surface area contributed by atoms with E-state index in [9.17, 15) is 14.4 Å². The van der Waals surface area contributed by atoms with Gasteiger partial charge in [0.15, 0.2) is 24.2 Å². The zero-order chi connectivity index (χ0) is 31.9. The molecule has 15 nitrogen and oxygen atoms in total. The molecule has 246 valence electrons. The maximum atomic E-state index is 13.6. The van der Waals surface area contributed by atoms with E-state index in [-0.39, 0.29) is 12.8 Å². The number of alkyl carbamates (subject to hydrolysis) is 1. The summed E-state index contributed by atoms with van der Waals surface area (Å²) in [5, 5.41) is 5.61. The summed E-state index contributed by atoms with van der Waals surface area (Å²) in [6, 6.07) is -1.82. The smallest absolute Gasteiger partial charge is 0.407 e. The van der Waals surface area contributed by atoms with Gasteiger partial charge in [-0.05, 0) is 48.5 Å². The molecule has 2 amide bonds. The number of hydrogen-bond acceptors (Lipinski definition) is 13. The van der Waals surface area contributed by atoms with Gasteiger partial charge in [-0.15, -0.1) is 0 Å². The summed E-state index contributed by atoms with van der Waals surface area (Å²) in [7, 11) is 4.22. The number of carbonyl (C=O) groups excluding carboxylic acids is 3. The van der Waals surface area contributed by atoms with Crippen LogP contribution in [0.3, 0.4) is 0 Å². The predicted octanol–water partition coefficient (Wildman–Crippen LogP) is 1.10. The Morgan fingerprint density at radius 1 is 0.744 bits per heavy atom. The molecule has 0 spiro atoms. The van der Waals surface area contributed by atoms with E-state index in [4.69, 9.17) is 47.4 Å². The van der Waals surface area contributed by atoms with Crippen molar-refractivity contribution in [1.82, 2.24) is 10.6 Å². The molecule has 0 aromatic carbocycles. The lowest BCUT2D eigenvalue weighted by Gasteiger charge is -2.33. The van der Waals surface area contributed by atoms with Gasteiger partial charge in [0.05, 0.1) is 25.6 Å². The molecule has 4 heterocycles. The second kappa shape index (κ2) is 12.7. The molecule has 4 rings (SSSR count). The number of nitrogens with one attached hydrogen (secondary N) is 2. The molecule has 0 saturated carbocycles. The standard InChI is InChI=1S/C28H46N2O13/c1-26(2,3)43-25(33)30-13(17-19(35-9)21-23(37-17)41-27(4,5)39-21)11-15(31)29-14(12-16(32)34-8)18-20(36-10)22-24(38-18)42-28(6,7)40-22/h13-14,17-24H,11-12H2,1-10H3,(H,29,31)(H,30,33)/t13?,14?,17-,18-,19-,20-,21+,22+,23+,24+/m0/s1. The fraction of sp³-hybridized carbons (Fsp3) is 0.893. The maximum Gasteiger partial charge on any atom is 0.407 e. The van der Waals surface area contributed by atoms with Crippen molar-refractivity contribution < 1.29 is 61.8 Å². The summed E-state index contributed by atoms with van der Waals surface area (Å²) >= 11 is 0. The van der Waals surface area contributed by atoms with Crippen molar-refractivity contribution in [3.8, 4) is 0 Å². The normalized spacial score (nSPS) is 35.5. The van der Waals surface area contributed by atoms with Crippen molar-refractivity contribution in [2.45, 2.75) is 140 Å². The molecule has 0 aromatic heterocycles. The number of carbonyl (C=O) groups is 3. The lowest BCUT2D eigenvalue weighted by molar-refractivity contribution is -0.220. The fourth-order valence-electron chi connectivity index (χ4n) is 5.88. The van der Waals surface area contributed by atoms with Crippen molar-refractivity contribution in [2.24, 2.45) is 0 Å². The first-order valence-corrected chi connectivity index (χ1v) is 14.4. The van der Waals surface area contributed by atoms with Crippen molar-refractivity contribution in [2.75, 3.05) is 21.3 Å². The second-order valence-corrected chi connectivity index (χ2v) is 13.0. The van der Waals surface area contributed by atoms with E-state index in [0.717, 1.165) is 0 Å². The third kappa shape index (κ3) is 7.95. The summed E-state index contributed by atoms with van der Waals surface area (Å²) in [6.45, 7) is 12.2. The Hall–Kier alpha value is -2.11. The van der Waals surface area contributed by atoms with Gasteiger partial charge >= 0.3 is 12.1 Å². The summed E-state index contributed by atoms with van der Waals surface area (Å²) in [5.41, 5.74) is -0.793. The highest BCUT2D eigenvalue weighted by atomic mass is 16.9. The number of amides is 2. The summed E-state index contributed by atoms with van der Waals surface area (Å²) in [4.78, 5) is 38.9. The van der Waals surface area contributed by atoms with E-state index in [1.54, 1.807) is 48.5 Å². The second-order valence-electron chi connectivity index (χ2n) is 13.0. The van der Waals surface area contributed by atoms with Gasteiger partial charge in [0.25, 0.3) is 0 Å². The first-order valence-electron chi connectivity index (χ1n) is 14.4. The van der Waals surface area contributed by atoms with Crippen LogP contribution in [0, 0.1) is 0 Å². The molecule has 4 aliphatic heterocycles. The zero-order valence-electron chi connectivity index (χ0n) is 26.5. The van der Waals surface area contributed by atoms with E-state index in [0.29, 0.717) is 0 Å². The highest BCUT2D eigenvalue weighted by Crippen LogP contribution is 2.41. The van der Waals surface area contributed by atoms with Crippen LogP contribution in [0.1, 0.15) is 61.3 Å². The Balaban J connectivity index is 1.52. The van der Waals surface area contributed by atoms with Gasteiger partial charge in [-0.25, -0.2) is 4.79 Å². The molecule has 4 aliphatic rings. The Bertz CT molecular complexity index is 1030. The molecule has 4 fully saturated rings. The van der Waals surface area contributed by atoms with Gasteiger partial charge in [0.2, 0.25) is 5.91 Å². The van der Waals surface area contributed by atoms with E-state index in [1.165, 1.54) is 21.3 Å². The molecular formula is C28H46N2O13. The zero-order valence-corrected chi connectivity index (χ0v) is 26.5. The third-order valence-corrected chi connectivity index (χ3v) is 7.46. The molecule has 43 heavy (non-hydrogen) atoms. The third-order valence-electron chi connectivity index (χ3n) is 7.46. The Labute approximate surface area is 251 Å². The largest absolute Gasteiger partial charge is 0.469 e. The van der Waals surface area contributed by atoms with Gasteiger partial charge in [-0.2, -0.15) is 0 Å². The van der Waals surface area contributed by atoms with Gasteiger partial charge in [-0.1, -0.05) is 0 Å². The minimum absolute atomic E-state index is 0.221. The first-order chi connectivity index (χ1) is 20.0. The van der Waals surface area contributed by atoms with Gasteiger partial charge in [0, 0.05) is 20.6 Å². The van der Waals surface area contributed by atoms with Crippen LogP contribution in [0.25, 0.3) is 0 Å². The van der Waals surface area contributed by atoms with Crippen LogP contribution < -0.4 is 10.6 Å². The highest BCUT2D eigenvalue weighted by Gasteiger charge is 2.59. The summed E-state index contributed by atoms with van der Waals surface area (Å²) < 4.78 is 57.6. The van der Waals surface area contributed by atoms with E-state index < -0.39 is 96.4 Å². The van der Waals surface area contributed by atoms with Crippen LogP contribution in [0.4, 0.5) is 4.79 Å². The first kappa shape index (κ1) is 33.8. The molecule has 2 unspecified atom stereocenters. The minimum atomic E-state index is -0.936. The molecule has 2 N–H and O–H groups in total. The van der Waals surface area contributed by atoms with Crippen molar-refractivity contribution in [3.63, 3.8) is 0 Å². The summed E-state index contributed by atoms with van der Waals surface area (Å²) in [5.74, 6) is -2.89. The molecule has 0 bridgehead atoms. The van der Waals surface area contributed by atoms with Crippen LogP contribution >= 0.6 is 0 Å². The molecule has 15 heteroatoms. The van der Waals surface area contributed by atoms with Crippen molar-refractivity contribution in [3.05, 3.63) is 0 Å². The predicted molar refractivity (Wildman–Crippen MR) is 145 cm³/mol. The fourth-order valence-corrected chi connectivity index (χ4v) is 5.88. The minimum Gasteiger partial charge on any atom is -0.469 e. The average molecular weight is 619 g/mol. The quantitative estimate of drug-likeness (QED) is 0.334. The van der Waals surface area contributed by atoms with Gasteiger partial charge < -0.3 is 58.0 Å². The van der Waals surface area contributed by atoms with Crippen molar-refractivity contribution in [1.29, 1.82) is 0 Å². The van der Waals surface area contributed by atoms with E-state index in [1.807, 2.05) is 0 Å². The molecule has 10 atom stereocenters. The van der Waals surface area contributed by atoms with Gasteiger partial charge in [-0.3, -0.25) is 9.59 Å². The number of methoxy groups -OCH3 is 3. The molecule has 4 saturated heterocycles. The maximum absolute atomic E-state index is 13.6. The lowest BCUT2D eigenvalue weighted by Crippen LogP contribution is -2.55. The van der Waals surface area contributed by atoms with Crippen LogP contribution in [0.15, 0.2) is 0 Å². The Kier molecular flexibility index (Phi) is 9.99. The lowest BCUT2D eigenvalue weighted by atomic mass is 9.98. The molecule has 0 radical (unpaired) electrons. The highest BCUT2D eigenvalue weighted by molar-refractivity contribution is 5.79. The number of rotatable bonds is 10. The Morgan fingerprint density at radius 2 is 1.21 bits per heavy atom. The van der Waals surface area contributed by atoms with E-state index in [2.05, 4.69) is 10.6 Å². The van der Waals surface area contributed by atoms with Crippen LogP contribution in [0.5, 0.6) is 0 Å². The Morgan fingerprint density at radius 3 is 1.63 bits per heavy atom. The topological polar surface area (TPSA) is 168 Å². The molecule has 0 aliphatic carbocycles. The van der Waals surface area contributed by atoms with Gasteiger partial charge in [0.1, 0.15) is 42.2 Å². The SMILES string of the molecule is COC(=O)CC(NC(=O)CC(NC(=O)OC(C)(C)C)[C@@H]1O[C@@H]2OC(C)(C)O[C@@H]2[C@H]1OC)[C@@H]1O[C@@H]2OC(C)(C)O[C@@H]2[C@H]1OC. The van der Waals surface area contributed by atoms with Crippen LogP contribution in [-0.4, -0.2) is 118 Å². The van der Waals surface area contributed by atoms with Crippen LogP contribution in [0.2, 0.25) is 0 Å². The monoisotopic (exact) mass is 618 g/mol. The summed E-state index contributed by atoms with van der Waals surface area (Å²) in [6.07, 6.45) is -6.96. The van der Waals surface area contributed by atoms with E-state index >= 15 is 0 Å². The number of ether oxygens (including phenoxy) is 10. The van der Waals surface area contributed by atoms with Crippen LogP contribution in [-0.2, 0) is 57.0 Å².